The number of nitrogens with zero attached hydrogens (tertiary/aromatic N) is 2. The largest absolute Gasteiger partial charge is 0.306 e. The lowest BCUT2D eigenvalue weighted by Crippen LogP contribution is -1.92. The van der Waals surface area contributed by atoms with Crippen LogP contribution in [0.1, 0.15) is 0 Å². The molecule has 0 saturated heterocycles. The molecule has 0 bridgehead atoms. The summed E-state index contributed by atoms with van der Waals surface area (Å²) in [7, 11) is 0. The Morgan fingerprint density at radius 3 is 2.69 bits per heavy atom. The zero-order valence-electron chi connectivity index (χ0n) is 7.58. The van der Waals surface area contributed by atoms with Gasteiger partial charge in [-0.1, -0.05) is 23.2 Å². The highest BCUT2D eigenvalue weighted by molar-refractivity contribution is 14.1. The molecule has 2 rings (SSSR count). The number of hydrogen-bond donors (Lipinski definition) is 0. The Morgan fingerprint density at radius 1 is 1.38 bits per heavy atom. The van der Waals surface area contributed by atoms with Gasteiger partial charge in [-0.05, 0) is 34.7 Å². The maximum atomic E-state index is 10.7. The standard InChI is InChI=1S/C9H3Cl2IN2O2/c10-6-2-4(12)1-5-8(11)7(14(15)16)3-13-9(5)6/h1-3H. The fourth-order valence-corrected chi connectivity index (χ4v) is 2.65. The van der Waals surface area contributed by atoms with E-state index in [1.54, 1.807) is 12.1 Å². The van der Waals surface area contributed by atoms with Gasteiger partial charge in [0.1, 0.15) is 11.2 Å². The third-order valence-corrected chi connectivity index (χ3v) is 3.31. The minimum Gasteiger partial charge on any atom is -0.258 e. The fraction of sp³-hybridized carbons (Fsp3) is 0. The predicted octanol–water partition coefficient (Wildman–Crippen LogP) is 4.05. The van der Waals surface area contributed by atoms with E-state index in [1.807, 2.05) is 0 Å². The molecule has 0 atom stereocenters. The average molecular weight is 369 g/mol. The highest BCUT2D eigenvalue weighted by Gasteiger charge is 2.17. The molecule has 0 unspecified atom stereocenters. The third-order valence-electron chi connectivity index (χ3n) is 2.00. The average Bonchev–Trinajstić information content (AvgIpc) is 2.19. The van der Waals surface area contributed by atoms with Crippen molar-refractivity contribution in [3.63, 3.8) is 0 Å². The number of nitro groups is 1. The van der Waals surface area contributed by atoms with Crippen LogP contribution >= 0.6 is 45.8 Å². The Bertz CT molecular complexity index is 604. The summed E-state index contributed by atoms with van der Waals surface area (Å²) in [5.41, 5.74) is 0.255. The molecule has 1 aromatic carbocycles. The molecular formula is C9H3Cl2IN2O2. The lowest BCUT2D eigenvalue weighted by Gasteiger charge is -2.03. The first-order chi connectivity index (χ1) is 7.50. The van der Waals surface area contributed by atoms with Crippen LogP contribution in [-0.2, 0) is 0 Å². The molecule has 0 saturated carbocycles. The van der Waals surface area contributed by atoms with Gasteiger partial charge in [0, 0.05) is 8.96 Å². The van der Waals surface area contributed by atoms with E-state index in [9.17, 15) is 10.1 Å². The molecule has 1 aromatic heterocycles. The Kier molecular flexibility index (Phi) is 3.18. The van der Waals surface area contributed by atoms with E-state index >= 15 is 0 Å². The molecule has 0 spiro atoms. The second-order valence-corrected chi connectivity index (χ2v) is 5.03. The molecule has 82 valence electrons. The van der Waals surface area contributed by atoms with Gasteiger partial charge in [0.25, 0.3) is 0 Å². The molecule has 2 aromatic rings. The molecule has 0 aliphatic heterocycles. The van der Waals surface area contributed by atoms with Gasteiger partial charge in [-0.25, -0.2) is 4.98 Å². The zero-order chi connectivity index (χ0) is 11.9. The fourth-order valence-electron chi connectivity index (χ4n) is 1.31. The van der Waals surface area contributed by atoms with Crippen LogP contribution in [0.2, 0.25) is 10.0 Å². The monoisotopic (exact) mass is 368 g/mol. The molecule has 0 aliphatic carbocycles. The SMILES string of the molecule is O=[N+]([O-])c1cnc2c(Cl)cc(I)cc2c1Cl. The van der Waals surface area contributed by atoms with Crippen molar-refractivity contribution in [2.24, 2.45) is 0 Å². The quantitative estimate of drug-likeness (QED) is 0.433. The van der Waals surface area contributed by atoms with Gasteiger partial charge < -0.3 is 0 Å². The van der Waals surface area contributed by atoms with Crippen molar-refractivity contribution < 1.29 is 4.92 Å². The zero-order valence-corrected chi connectivity index (χ0v) is 11.2. The van der Waals surface area contributed by atoms with E-state index in [1.165, 1.54) is 0 Å². The summed E-state index contributed by atoms with van der Waals surface area (Å²) >= 11 is 14.0. The van der Waals surface area contributed by atoms with Gasteiger partial charge in [0.15, 0.2) is 0 Å². The molecule has 16 heavy (non-hydrogen) atoms. The number of hydrogen-bond acceptors (Lipinski definition) is 3. The van der Waals surface area contributed by atoms with E-state index in [-0.39, 0.29) is 10.7 Å². The van der Waals surface area contributed by atoms with Gasteiger partial charge in [-0.3, -0.25) is 10.1 Å². The number of fused-ring (bicyclic) bond motifs is 1. The second-order valence-electron chi connectivity index (χ2n) is 3.00. The number of halogens is 3. The second kappa shape index (κ2) is 4.31. The maximum Gasteiger partial charge on any atom is 0.306 e. The van der Waals surface area contributed by atoms with Crippen molar-refractivity contribution in [1.29, 1.82) is 0 Å². The minimum atomic E-state index is -0.567. The van der Waals surface area contributed by atoms with Crippen LogP contribution in [0, 0.1) is 13.7 Å². The molecule has 0 fully saturated rings. The van der Waals surface area contributed by atoms with Crippen molar-refractivity contribution in [2.75, 3.05) is 0 Å². The molecule has 7 heteroatoms. The van der Waals surface area contributed by atoms with E-state index in [4.69, 9.17) is 23.2 Å². The van der Waals surface area contributed by atoms with Crippen molar-refractivity contribution in [3.8, 4) is 0 Å². The van der Waals surface area contributed by atoms with Crippen LogP contribution < -0.4 is 0 Å². The van der Waals surface area contributed by atoms with Gasteiger partial charge in [0.05, 0.1) is 15.5 Å². The molecular weight excluding hydrogens is 366 g/mol. The first-order valence-corrected chi connectivity index (χ1v) is 5.92. The van der Waals surface area contributed by atoms with E-state index in [2.05, 4.69) is 27.6 Å². The summed E-state index contributed by atoms with van der Waals surface area (Å²) in [6.45, 7) is 0. The van der Waals surface area contributed by atoms with Crippen LogP contribution in [0.4, 0.5) is 5.69 Å². The van der Waals surface area contributed by atoms with E-state index in [0.717, 1.165) is 9.77 Å². The van der Waals surface area contributed by atoms with Crippen LogP contribution in [-0.4, -0.2) is 9.91 Å². The van der Waals surface area contributed by atoms with Crippen molar-refractivity contribution in [1.82, 2.24) is 4.98 Å². The summed E-state index contributed by atoms with van der Waals surface area (Å²) < 4.78 is 0.847. The Hall–Kier alpha value is -0.660. The highest BCUT2D eigenvalue weighted by Crippen LogP contribution is 2.34. The van der Waals surface area contributed by atoms with Crippen LogP contribution in [0.25, 0.3) is 10.9 Å². The minimum absolute atomic E-state index is 0.0652. The van der Waals surface area contributed by atoms with Crippen molar-refractivity contribution in [3.05, 3.63) is 42.1 Å². The molecule has 0 amide bonds. The third kappa shape index (κ3) is 1.94. The first kappa shape index (κ1) is 11.8. The lowest BCUT2D eigenvalue weighted by molar-refractivity contribution is -0.384. The van der Waals surface area contributed by atoms with Crippen LogP contribution in [0.3, 0.4) is 0 Å². The number of aromatic nitrogens is 1. The molecule has 0 N–H and O–H groups in total. The Balaban J connectivity index is 2.89. The van der Waals surface area contributed by atoms with Crippen molar-refractivity contribution in [2.45, 2.75) is 0 Å². The van der Waals surface area contributed by atoms with E-state index in [0.29, 0.717) is 15.9 Å². The van der Waals surface area contributed by atoms with Crippen LogP contribution in [0.15, 0.2) is 18.3 Å². The van der Waals surface area contributed by atoms with E-state index < -0.39 is 4.92 Å². The summed E-state index contributed by atoms with van der Waals surface area (Å²) in [6, 6.07) is 3.43. The predicted molar refractivity (Wildman–Crippen MR) is 71.1 cm³/mol. The molecule has 0 aliphatic rings. The highest BCUT2D eigenvalue weighted by atomic mass is 127. The molecule has 0 radical (unpaired) electrons. The Labute approximate surface area is 114 Å². The topological polar surface area (TPSA) is 56.0 Å². The summed E-state index contributed by atoms with van der Waals surface area (Å²) in [6.07, 6.45) is 1.11. The number of pyridine rings is 1. The summed E-state index contributed by atoms with van der Waals surface area (Å²) in [5, 5.41) is 11.7. The van der Waals surface area contributed by atoms with Crippen LogP contribution in [0.5, 0.6) is 0 Å². The lowest BCUT2D eigenvalue weighted by atomic mass is 10.2. The van der Waals surface area contributed by atoms with Gasteiger partial charge in [-0.2, -0.15) is 0 Å². The van der Waals surface area contributed by atoms with Gasteiger partial charge in [0.2, 0.25) is 0 Å². The smallest absolute Gasteiger partial charge is 0.258 e. The van der Waals surface area contributed by atoms with Crippen molar-refractivity contribution >= 4 is 62.4 Å². The summed E-state index contributed by atoms with van der Waals surface area (Å²) in [4.78, 5) is 14.1. The summed E-state index contributed by atoms with van der Waals surface area (Å²) in [5.74, 6) is 0. The van der Waals surface area contributed by atoms with Gasteiger partial charge >= 0.3 is 5.69 Å². The molecule has 1 heterocycles. The number of benzene rings is 1. The van der Waals surface area contributed by atoms with Gasteiger partial charge in [-0.15, -0.1) is 0 Å². The number of rotatable bonds is 1. The maximum absolute atomic E-state index is 10.7. The normalized spacial score (nSPS) is 10.7. The first-order valence-electron chi connectivity index (χ1n) is 4.08. The Morgan fingerprint density at radius 2 is 2.06 bits per heavy atom. The molecule has 4 nitrogen and oxygen atoms in total.